The van der Waals surface area contributed by atoms with Crippen molar-refractivity contribution in [1.29, 1.82) is 0 Å². The van der Waals surface area contributed by atoms with E-state index in [4.69, 9.17) is 14.6 Å². The number of nitrogens with zero attached hydrogens (tertiary/aromatic N) is 2. The van der Waals surface area contributed by atoms with Crippen LogP contribution in [0.2, 0.25) is 0 Å². The van der Waals surface area contributed by atoms with Gasteiger partial charge in [-0.3, -0.25) is 14.2 Å². The number of rotatable bonds is 9. The predicted molar refractivity (Wildman–Crippen MR) is 137 cm³/mol. The molecule has 3 aromatic rings. The largest absolute Gasteiger partial charge is 0.497 e. The lowest BCUT2D eigenvalue weighted by Crippen LogP contribution is -2.44. The van der Waals surface area contributed by atoms with Crippen LogP contribution in [0.1, 0.15) is 24.5 Å². The molecule has 2 aromatic carbocycles. The van der Waals surface area contributed by atoms with Crippen LogP contribution in [0.4, 0.5) is 5.69 Å². The van der Waals surface area contributed by atoms with Crippen molar-refractivity contribution in [2.24, 2.45) is 5.92 Å². The maximum Gasteiger partial charge on any atom is 0.297 e. The zero-order valence-corrected chi connectivity index (χ0v) is 20.5. The smallest absolute Gasteiger partial charge is 0.297 e. The molecule has 2 N–H and O–H groups in total. The van der Waals surface area contributed by atoms with E-state index in [2.05, 4.69) is 0 Å². The van der Waals surface area contributed by atoms with E-state index in [-0.39, 0.29) is 24.5 Å². The Balaban J connectivity index is 1.73. The summed E-state index contributed by atoms with van der Waals surface area (Å²) in [5, 5.41) is 20.9. The first kappa shape index (κ1) is 25.2. The zero-order valence-electron chi connectivity index (χ0n) is 20.5. The Morgan fingerprint density at radius 3 is 2.58 bits per heavy atom. The van der Waals surface area contributed by atoms with Crippen LogP contribution < -0.4 is 19.9 Å². The molecule has 1 aliphatic rings. The van der Waals surface area contributed by atoms with Gasteiger partial charge in [0.1, 0.15) is 5.75 Å². The van der Waals surface area contributed by atoms with Crippen molar-refractivity contribution in [1.82, 2.24) is 4.57 Å². The summed E-state index contributed by atoms with van der Waals surface area (Å²) in [7, 11) is 2.98. The number of pyridine rings is 1. The number of aliphatic hydroxyl groups is 2. The number of aromatic nitrogens is 1. The summed E-state index contributed by atoms with van der Waals surface area (Å²) < 4.78 is 12.0. The van der Waals surface area contributed by atoms with Gasteiger partial charge >= 0.3 is 0 Å². The van der Waals surface area contributed by atoms with Gasteiger partial charge in [0, 0.05) is 30.0 Å². The van der Waals surface area contributed by atoms with Gasteiger partial charge in [-0.2, -0.15) is 0 Å². The van der Waals surface area contributed by atoms with Crippen LogP contribution in [0.5, 0.6) is 11.5 Å². The number of aliphatic hydroxyl groups excluding tert-OH is 1. The molecule has 8 heteroatoms. The molecule has 8 nitrogen and oxygen atoms in total. The molecule has 1 aliphatic heterocycles. The van der Waals surface area contributed by atoms with Crippen molar-refractivity contribution in [3.63, 3.8) is 0 Å². The third-order valence-electron chi connectivity index (χ3n) is 6.52. The second-order valence-corrected chi connectivity index (χ2v) is 8.69. The standard InChI is InChI=1S/C28H30N2O6/c1-19(8-4-5-15-31)28(34)23-17-22(35-2)12-13-24(23)30(27(28)33)18-20-9-6-10-21(16-20)29-14-7-11-25(36-3)26(29)32/h4,6-14,16-17,19,31,34H,5,15,18H2,1-3H3/b8-4+/t19-,28+/m1/s1. The SMILES string of the molecule is COc1ccc2c(c1)[C@@](O)([C@H](C)/C=C/CCO)C(=O)N2Cc1cccc(-n2cccc(OC)c2=O)c1. The number of carbonyl (C=O) groups excluding carboxylic acids is 1. The summed E-state index contributed by atoms with van der Waals surface area (Å²) >= 11 is 0. The number of benzene rings is 2. The molecule has 1 aromatic heterocycles. The van der Waals surface area contributed by atoms with E-state index in [1.807, 2.05) is 18.2 Å². The molecule has 0 aliphatic carbocycles. The highest BCUT2D eigenvalue weighted by Gasteiger charge is 2.52. The molecule has 0 spiro atoms. The molecule has 0 saturated carbocycles. The molecule has 0 fully saturated rings. The van der Waals surface area contributed by atoms with Crippen molar-refractivity contribution in [2.45, 2.75) is 25.5 Å². The maximum atomic E-state index is 13.7. The minimum Gasteiger partial charge on any atom is -0.497 e. The average molecular weight is 491 g/mol. The summed E-state index contributed by atoms with van der Waals surface area (Å²) in [6, 6.07) is 15.9. The number of amides is 1. The van der Waals surface area contributed by atoms with Crippen LogP contribution in [0.3, 0.4) is 0 Å². The van der Waals surface area contributed by atoms with E-state index in [1.165, 1.54) is 18.8 Å². The van der Waals surface area contributed by atoms with Gasteiger partial charge in [-0.05, 0) is 54.4 Å². The average Bonchev–Trinajstić information content (AvgIpc) is 3.11. The number of methoxy groups -OCH3 is 2. The van der Waals surface area contributed by atoms with E-state index in [1.54, 1.807) is 66.6 Å². The van der Waals surface area contributed by atoms with Gasteiger partial charge in [-0.15, -0.1) is 0 Å². The number of hydrogen-bond acceptors (Lipinski definition) is 6. The fourth-order valence-electron chi connectivity index (χ4n) is 4.54. The summed E-state index contributed by atoms with van der Waals surface area (Å²) in [5.74, 6) is -0.230. The number of carbonyl (C=O) groups is 1. The third kappa shape index (κ3) is 4.41. The summed E-state index contributed by atoms with van der Waals surface area (Å²) in [6.45, 7) is 1.95. The number of ether oxygens (including phenoxy) is 2. The van der Waals surface area contributed by atoms with Gasteiger partial charge in [0.15, 0.2) is 11.4 Å². The van der Waals surface area contributed by atoms with Crippen molar-refractivity contribution in [2.75, 3.05) is 25.7 Å². The lowest BCUT2D eigenvalue weighted by molar-refractivity contribution is -0.139. The summed E-state index contributed by atoms with van der Waals surface area (Å²) in [6.07, 6.45) is 5.59. The van der Waals surface area contributed by atoms with Crippen LogP contribution in [0.15, 0.2) is 77.7 Å². The van der Waals surface area contributed by atoms with Gasteiger partial charge < -0.3 is 24.6 Å². The molecule has 2 heterocycles. The molecule has 0 saturated heterocycles. The molecule has 0 unspecified atom stereocenters. The van der Waals surface area contributed by atoms with Gasteiger partial charge in [-0.1, -0.05) is 31.2 Å². The first-order valence-corrected chi connectivity index (χ1v) is 11.7. The monoisotopic (exact) mass is 490 g/mol. The van der Waals surface area contributed by atoms with E-state index in [9.17, 15) is 14.7 Å². The van der Waals surface area contributed by atoms with Gasteiger partial charge in [0.05, 0.1) is 26.5 Å². The first-order valence-electron chi connectivity index (χ1n) is 11.7. The Hall–Kier alpha value is -3.88. The highest BCUT2D eigenvalue weighted by atomic mass is 16.5. The molecule has 0 bridgehead atoms. The molecule has 2 atom stereocenters. The van der Waals surface area contributed by atoms with E-state index in [0.29, 0.717) is 29.1 Å². The fraction of sp³-hybridized carbons (Fsp3) is 0.286. The van der Waals surface area contributed by atoms with Crippen molar-refractivity contribution >= 4 is 11.6 Å². The van der Waals surface area contributed by atoms with E-state index in [0.717, 1.165) is 5.56 Å². The minimum absolute atomic E-state index is 0.0150. The van der Waals surface area contributed by atoms with Gasteiger partial charge in [0.25, 0.3) is 11.5 Å². The van der Waals surface area contributed by atoms with E-state index >= 15 is 0 Å². The molecule has 36 heavy (non-hydrogen) atoms. The molecule has 4 rings (SSSR count). The second-order valence-electron chi connectivity index (χ2n) is 8.69. The Morgan fingerprint density at radius 1 is 1.06 bits per heavy atom. The summed E-state index contributed by atoms with van der Waals surface area (Å²) in [4.78, 5) is 28.0. The third-order valence-corrected chi connectivity index (χ3v) is 6.52. The lowest BCUT2D eigenvalue weighted by atomic mass is 9.83. The zero-order chi connectivity index (χ0) is 25.9. The van der Waals surface area contributed by atoms with Crippen molar-refractivity contribution < 1.29 is 24.5 Å². The Kier molecular flexibility index (Phi) is 7.28. The van der Waals surface area contributed by atoms with Gasteiger partial charge in [-0.25, -0.2) is 0 Å². The van der Waals surface area contributed by atoms with Gasteiger partial charge in [0.2, 0.25) is 0 Å². The molecular weight excluding hydrogens is 460 g/mol. The van der Waals surface area contributed by atoms with Crippen molar-refractivity contribution in [3.8, 4) is 17.2 Å². The highest BCUT2D eigenvalue weighted by Crippen LogP contribution is 2.47. The Morgan fingerprint density at radius 2 is 1.86 bits per heavy atom. The molecule has 1 amide bonds. The van der Waals surface area contributed by atoms with Crippen LogP contribution in [0, 0.1) is 5.92 Å². The van der Waals surface area contributed by atoms with Crippen LogP contribution in [-0.2, 0) is 16.9 Å². The number of fused-ring (bicyclic) bond motifs is 1. The Labute approximate surface area is 209 Å². The van der Waals surface area contributed by atoms with Crippen LogP contribution in [0.25, 0.3) is 5.69 Å². The Bertz CT molecular complexity index is 1350. The second kappa shape index (κ2) is 10.4. The van der Waals surface area contributed by atoms with E-state index < -0.39 is 17.4 Å². The molecule has 188 valence electrons. The minimum atomic E-state index is -1.79. The van der Waals surface area contributed by atoms with Crippen LogP contribution >= 0.6 is 0 Å². The number of hydrogen-bond donors (Lipinski definition) is 2. The molecule has 0 radical (unpaired) electrons. The maximum absolute atomic E-state index is 13.7. The van der Waals surface area contributed by atoms with Crippen LogP contribution in [-0.4, -0.2) is 41.5 Å². The topological polar surface area (TPSA) is 101 Å². The predicted octanol–water partition coefficient (Wildman–Crippen LogP) is 3.16. The fourth-order valence-corrected chi connectivity index (χ4v) is 4.54. The first-order chi connectivity index (χ1) is 17.3. The number of anilines is 1. The quantitative estimate of drug-likeness (QED) is 0.447. The van der Waals surface area contributed by atoms with Crippen molar-refractivity contribution in [3.05, 3.63) is 94.4 Å². The normalized spacial score (nSPS) is 17.9. The highest BCUT2D eigenvalue weighted by molar-refractivity contribution is 6.07. The molecular formula is C28H30N2O6. The summed E-state index contributed by atoms with van der Waals surface area (Å²) in [5.41, 5.74) is 0.392. The lowest BCUT2D eigenvalue weighted by Gasteiger charge is -2.28.